The van der Waals surface area contributed by atoms with Crippen molar-refractivity contribution in [3.05, 3.63) is 70.3 Å². The fourth-order valence-electron chi connectivity index (χ4n) is 3.14. The number of aryl methyl sites for hydroxylation is 1. The number of rotatable bonds is 3. The summed E-state index contributed by atoms with van der Waals surface area (Å²) in [5, 5.41) is 0. The Kier molecular flexibility index (Phi) is 3.25. The van der Waals surface area contributed by atoms with Gasteiger partial charge in [0, 0.05) is 0 Å². The molecule has 3 rings (SSSR count). The molecule has 0 fully saturated rings. The van der Waals surface area contributed by atoms with Gasteiger partial charge in [0.1, 0.15) is 0 Å². The van der Waals surface area contributed by atoms with Gasteiger partial charge in [0.15, 0.2) is 0 Å². The van der Waals surface area contributed by atoms with E-state index in [4.69, 9.17) is 0 Å². The minimum Gasteiger partial charge on any atom is -0.0619 e. The fraction of sp³-hybridized carbons (Fsp3) is 0.263. The second-order valence-corrected chi connectivity index (χ2v) is 5.20. The molecule has 0 N–H and O–H groups in total. The normalized spacial score (nSPS) is 13.3. The molecule has 0 amide bonds. The van der Waals surface area contributed by atoms with Crippen molar-refractivity contribution in [2.75, 3.05) is 0 Å². The largest absolute Gasteiger partial charge is 0.0619 e. The van der Waals surface area contributed by atoms with Crippen LogP contribution in [0.25, 0.3) is 11.6 Å². The van der Waals surface area contributed by atoms with Crippen LogP contribution in [0.5, 0.6) is 0 Å². The van der Waals surface area contributed by atoms with Crippen molar-refractivity contribution in [3.63, 3.8) is 0 Å². The van der Waals surface area contributed by atoms with Crippen LogP contribution >= 0.6 is 0 Å². The molecule has 0 aliphatic heterocycles. The van der Waals surface area contributed by atoms with Gasteiger partial charge < -0.3 is 0 Å². The highest BCUT2D eigenvalue weighted by Gasteiger charge is 2.16. The smallest absolute Gasteiger partial charge is 0.00136 e. The van der Waals surface area contributed by atoms with E-state index < -0.39 is 0 Å². The zero-order valence-electron chi connectivity index (χ0n) is 11.7. The first kappa shape index (κ1) is 12.2. The lowest BCUT2D eigenvalue weighted by Crippen LogP contribution is -1.98. The van der Waals surface area contributed by atoms with E-state index >= 15 is 0 Å². The van der Waals surface area contributed by atoms with Crippen molar-refractivity contribution in [3.8, 4) is 0 Å². The molecular formula is C19H20. The van der Waals surface area contributed by atoms with Crippen LogP contribution in [0.3, 0.4) is 0 Å². The first-order valence-corrected chi connectivity index (χ1v) is 7.23. The second kappa shape index (κ2) is 5.05. The number of allylic oxidation sites excluding steroid dienone is 1. The summed E-state index contributed by atoms with van der Waals surface area (Å²) in [6, 6.07) is 15.5. The second-order valence-electron chi connectivity index (χ2n) is 5.20. The molecule has 96 valence electrons. The van der Waals surface area contributed by atoms with Crippen molar-refractivity contribution >= 4 is 11.6 Å². The van der Waals surface area contributed by atoms with Gasteiger partial charge in [-0.2, -0.15) is 0 Å². The average Bonchev–Trinajstić information content (AvgIpc) is 2.89. The Balaban J connectivity index is 2.06. The van der Waals surface area contributed by atoms with Crippen LogP contribution < -0.4 is 0 Å². The van der Waals surface area contributed by atoms with Crippen LogP contribution in [0.1, 0.15) is 41.7 Å². The van der Waals surface area contributed by atoms with Gasteiger partial charge in [0.2, 0.25) is 0 Å². The molecular weight excluding hydrogens is 228 g/mol. The third-order valence-corrected chi connectivity index (χ3v) is 4.12. The van der Waals surface area contributed by atoms with Crippen molar-refractivity contribution in [2.45, 2.75) is 33.1 Å². The summed E-state index contributed by atoms with van der Waals surface area (Å²) < 4.78 is 0. The fourth-order valence-corrected chi connectivity index (χ4v) is 3.14. The van der Waals surface area contributed by atoms with Crippen molar-refractivity contribution in [1.82, 2.24) is 0 Å². The van der Waals surface area contributed by atoms with Crippen molar-refractivity contribution in [2.24, 2.45) is 0 Å². The molecule has 0 radical (unpaired) electrons. The molecule has 0 saturated heterocycles. The molecule has 19 heavy (non-hydrogen) atoms. The highest BCUT2D eigenvalue weighted by atomic mass is 14.2. The zero-order chi connectivity index (χ0) is 13.2. The van der Waals surface area contributed by atoms with Gasteiger partial charge in [0.25, 0.3) is 0 Å². The lowest BCUT2D eigenvalue weighted by molar-refractivity contribution is 1.03. The number of benzene rings is 2. The van der Waals surface area contributed by atoms with Gasteiger partial charge in [-0.15, -0.1) is 0 Å². The van der Waals surface area contributed by atoms with Crippen molar-refractivity contribution < 1.29 is 0 Å². The Hall–Kier alpha value is -1.82. The van der Waals surface area contributed by atoms with Gasteiger partial charge in [0.05, 0.1) is 0 Å². The van der Waals surface area contributed by atoms with Gasteiger partial charge in [-0.1, -0.05) is 62.4 Å². The van der Waals surface area contributed by atoms with Gasteiger partial charge in [-0.25, -0.2) is 0 Å². The molecule has 0 aromatic heterocycles. The lowest BCUT2D eigenvalue weighted by atomic mass is 9.92. The van der Waals surface area contributed by atoms with Crippen LogP contribution in [0.2, 0.25) is 0 Å². The molecule has 0 atom stereocenters. The molecule has 1 aliphatic rings. The van der Waals surface area contributed by atoms with Crippen molar-refractivity contribution in [1.29, 1.82) is 0 Å². The molecule has 0 unspecified atom stereocenters. The Labute approximate surface area is 115 Å². The lowest BCUT2D eigenvalue weighted by Gasteiger charge is -2.13. The summed E-state index contributed by atoms with van der Waals surface area (Å²) in [5.41, 5.74) is 8.82. The maximum atomic E-state index is 2.36. The Bertz CT molecular complexity index is 632. The Morgan fingerprint density at radius 2 is 1.74 bits per heavy atom. The summed E-state index contributed by atoms with van der Waals surface area (Å²) >= 11 is 0. The van der Waals surface area contributed by atoms with Crippen LogP contribution in [0, 0.1) is 0 Å². The number of hydrogen-bond acceptors (Lipinski definition) is 0. The van der Waals surface area contributed by atoms with Crippen LogP contribution in [-0.4, -0.2) is 0 Å². The highest BCUT2D eigenvalue weighted by Crippen LogP contribution is 2.34. The molecule has 0 nitrogen and oxygen atoms in total. The third kappa shape index (κ3) is 2.12. The molecule has 0 spiro atoms. The monoisotopic (exact) mass is 248 g/mol. The van der Waals surface area contributed by atoms with E-state index in [1.54, 1.807) is 0 Å². The maximum Gasteiger partial charge on any atom is -0.00136 e. The van der Waals surface area contributed by atoms with Gasteiger partial charge in [-0.05, 0) is 52.7 Å². The SMILES string of the molecule is CCc1cccc(C2=Cc3ccccc3C2)c1CC. The zero-order valence-corrected chi connectivity index (χ0v) is 11.7. The first-order chi connectivity index (χ1) is 9.33. The van der Waals surface area contributed by atoms with E-state index in [1.165, 1.54) is 33.4 Å². The highest BCUT2D eigenvalue weighted by molar-refractivity contribution is 5.89. The van der Waals surface area contributed by atoms with Crippen LogP contribution in [0.15, 0.2) is 42.5 Å². The number of hydrogen-bond donors (Lipinski definition) is 0. The van der Waals surface area contributed by atoms with E-state index in [0.29, 0.717) is 0 Å². The standard InChI is InChI=1S/C19H20/c1-3-14-10-7-11-19(18(14)4-2)17-12-15-8-5-6-9-16(15)13-17/h5-12H,3-4,13H2,1-2H3. The Morgan fingerprint density at radius 1 is 0.895 bits per heavy atom. The summed E-state index contributed by atoms with van der Waals surface area (Å²) in [6.45, 7) is 4.51. The predicted octanol–water partition coefficient (Wildman–Crippen LogP) is 4.91. The summed E-state index contributed by atoms with van der Waals surface area (Å²) in [6.07, 6.45) is 5.68. The van der Waals surface area contributed by atoms with E-state index in [1.807, 2.05) is 0 Å². The molecule has 0 heteroatoms. The predicted molar refractivity (Wildman–Crippen MR) is 83.2 cm³/mol. The first-order valence-electron chi connectivity index (χ1n) is 7.23. The average molecular weight is 248 g/mol. The molecule has 2 aromatic carbocycles. The minimum atomic E-state index is 1.08. The van der Waals surface area contributed by atoms with E-state index in [9.17, 15) is 0 Å². The van der Waals surface area contributed by atoms with Crippen LogP contribution in [-0.2, 0) is 19.3 Å². The molecule has 0 saturated carbocycles. The number of fused-ring (bicyclic) bond motifs is 1. The Morgan fingerprint density at radius 3 is 2.47 bits per heavy atom. The third-order valence-electron chi connectivity index (χ3n) is 4.12. The molecule has 1 aliphatic carbocycles. The van der Waals surface area contributed by atoms with E-state index in [2.05, 4.69) is 62.4 Å². The van der Waals surface area contributed by atoms with Crippen LogP contribution in [0.4, 0.5) is 0 Å². The summed E-state index contributed by atoms with van der Waals surface area (Å²) in [5.74, 6) is 0. The quantitative estimate of drug-likeness (QED) is 0.724. The van der Waals surface area contributed by atoms with Gasteiger partial charge >= 0.3 is 0 Å². The van der Waals surface area contributed by atoms with E-state index in [-0.39, 0.29) is 0 Å². The molecule has 0 bridgehead atoms. The summed E-state index contributed by atoms with van der Waals surface area (Å²) in [4.78, 5) is 0. The van der Waals surface area contributed by atoms with E-state index in [0.717, 1.165) is 19.3 Å². The maximum absolute atomic E-state index is 2.36. The van der Waals surface area contributed by atoms with Gasteiger partial charge in [-0.3, -0.25) is 0 Å². The summed E-state index contributed by atoms with van der Waals surface area (Å²) in [7, 11) is 0. The molecule has 0 heterocycles. The topological polar surface area (TPSA) is 0 Å². The minimum absolute atomic E-state index is 1.08. The molecule has 2 aromatic rings.